The molecular formula is C17H25NO3. The number of rotatable bonds is 5. The lowest BCUT2D eigenvalue weighted by atomic mass is 9.93. The molecule has 1 aliphatic carbocycles. The Bertz CT molecular complexity index is 458. The molecule has 0 bridgehead atoms. The van der Waals surface area contributed by atoms with E-state index in [1.54, 1.807) is 7.11 Å². The van der Waals surface area contributed by atoms with Crippen molar-refractivity contribution in [2.24, 2.45) is 5.92 Å². The Labute approximate surface area is 126 Å². The van der Waals surface area contributed by atoms with E-state index >= 15 is 0 Å². The van der Waals surface area contributed by atoms with Crippen LogP contribution >= 0.6 is 0 Å². The second-order valence-corrected chi connectivity index (χ2v) is 5.91. The molecule has 1 saturated carbocycles. The van der Waals surface area contributed by atoms with E-state index in [1.165, 1.54) is 5.56 Å². The highest BCUT2D eigenvalue weighted by atomic mass is 16.5. The van der Waals surface area contributed by atoms with Crippen molar-refractivity contribution in [1.82, 2.24) is 4.90 Å². The third kappa shape index (κ3) is 4.21. The van der Waals surface area contributed by atoms with Gasteiger partial charge in [0.05, 0.1) is 13.0 Å². The van der Waals surface area contributed by atoms with Crippen molar-refractivity contribution in [3.63, 3.8) is 0 Å². The van der Waals surface area contributed by atoms with Crippen LogP contribution in [0.1, 0.15) is 37.7 Å². The summed E-state index contributed by atoms with van der Waals surface area (Å²) in [6.45, 7) is 0.776. The molecule has 0 aliphatic heterocycles. The van der Waals surface area contributed by atoms with Crippen LogP contribution in [0.25, 0.3) is 0 Å². The first kappa shape index (κ1) is 15.8. The van der Waals surface area contributed by atoms with Crippen LogP contribution in [0, 0.1) is 5.92 Å². The summed E-state index contributed by atoms with van der Waals surface area (Å²) in [5.74, 6) is -0.0430. The minimum atomic E-state index is -0.650. The number of carbonyl (C=O) groups is 1. The Morgan fingerprint density at radius 1 is 1.24 bits per heavy atom. The monoisotopic (exact) mass is 291 g/mol. The number of hydrogen-bond donors (Lipinski definition) is 1. The topological polar surface area (TPSA) is 49.8 Å². The summed E-state index contributed by atoms with van der Waals surface area (Å²) in [5, 5.41) is 9.47. The summed E-state index contributed by atoms with van der Waals surface area (Å²) in [5.41, 5.74) is 1.19. The standard InChI is InChI=1S/C17H25NO3/c1-18(12-13-8-10-14(21-2)11-9-13)16-7-5-3-4-6-15(16)17(19)20/h8-11,15-16H,3-7,12H2,1-2H3,(H,19,20). The van der Waals surface area contributed by atoms with Gasteiger partial charge in [-0.3, -0.25) is 9.69 Å². The third-order valence-electron chi connectivity index (χ3n) is 4.45. The number of benzene rings is 1. The molecule has 2 rings (SSSR count). The molecule has 0 amide bonds. The average Bonchev–Trinajstić information content (AvgIpc) is 2.74. The predicted octanol–water partition coefficient (Wildman–Crippen LogP) is 3.16. The number of hydrogen-bond acceptors (Lipinski definition) is 3. The van der Waals surface area contributed by atoms with E-state index in [9.17, 15) is 9.90 Å². The van der Waals surface area contributed by atoms with E-state index in [1.807, 2.05) is 31.3 Å². The molecule has 1 N–H and O–H groups in total. The Kier molecular flexibility index (Phi) is 5.62. The minimum Gasteiger partial charge on any atom is -0.497 e. The normalized spacial score (nSPS) is 22.8. The summed E-state index contributed by atoms with van der Waals surface area (Å²) in [6.07, 6.45) is 5.08. The van der Waals surface area contributed by atoms with Crippen molar-refractivity contribution >= 4 is 5.97 Å². The highest BCUT2D eigenvalue weighted by molar-refractivity contribution is 5.70. The Hall–Kier alpha value is -1.55. The molecule has 4 heteroatoms. The summed E-state index contributed by atoms with van der Waals surface area (Å²) in [7, 11) is 3.69. The van der Waals surface area contributed by atoms with Gasteiger partial charge in [0.25, 0.3) is 0 Å². The van der Waals surface area contributed by atoms with Crippen molar-refractivity contribution in [3.8, 4) is 5.75 Å². The van der Waals surface area contributed by atoms with Crippen molar-refractivity contribution < 1.29 is 14.6 Å². The number of nitrogens with zero attached hydrogens (tertiary/aromatic N) is 1. The van der Waals surface area contributed by atoms with Gasteiger partial charge in [-0.2, -0.15) is 0 Å². The second kappa shape index (κ2) is 7.46. The van der Waals surface area contributed by atoms with Crippen LogP contribution in [0.2, 0.25) is 0 Å². The zero-order valence-electron chi connectivity index (χ0n) is 12.9. The van der Waals surface area contributed by atoms with Crippen LogP contribution in [-0.4, -0.2) is 36.2 Å². The molecule has 0 spiro atoms. The average molecular weight is 291 g/mol. The van der Waals surface area contributed by atoms with Crippen molar-refractivity contribution in [2.45, 2.75) is 44.7 Å². The molecule has 4 nitrogen and oxygen atoms in total. The molecule has 1 fully saturated rings. The summed E-state index contributed by atoms with van der Waals surface area (Å²) < 4.78 is 5.16. The first-order chi connectivity index (χ1) is 10.1. The van der Waals surface area contributed by atoms with E-state index in [0.717, 1.165) is 44.4 Å². The number of carboxylic acid groups (broad SMARTS) is 1. The van der Waals surface area contributed by atoms with Gasteiger partial charge >= 0.3 is 5.97 Å². The Balaban J connectivity index is 2.04. The fourth-order valence-corrected chi connectivity index (χ4v) is 3.24. The van der Waals surface area contributed by atoms with Crippen molar-refractivity contribution in [3.05, 3.63) is 29.8 Å². The van der Waals surface area contributed by atoms with Gasteiger partial charge in [0.2, 0.25) is 0 Å². The maximum atomic E-state index is 11.5. The van der Waals surface area contributed by atoms with E-state index in [4.69, 9.17) is 4.74 Å². The SMILES string of the molecule is COc1ccc(CN(C)C2CCCCCC2C(=O)O)cc1. The number of ether oxygens (including phenoxy) is 1. The highest BCUT2D eigenvalue weighted by Crippen LogP contribution is 2.28. The van der Waals surface area contributed by atoms with E-state index in [0.29, 0.717) is 0 Å². The quantitative estimate of drug-likeness (QED) is 0.847. The first-order valence-corrected chi connectivity index (χ1v) is 7.68. The predicted molar refractivity (Wildman–Crippen MR) is 82.5 cm³/mol. The smallest absolute Gasteiger partial charge is 0.308 e. The fourth-order valence-electron chi connectivity index (χ4n) is 3.24. The molecule has 1 aliphatic rings. The summed E-state index contributed by atoms with van der Waals surface area (Å²) in [4.78, 5) is 13.7. The van der Waals surface area contributed by atoms with E-state index < -0.39 is 5.97 Å². The van der Waals surface area contributed by atoms with Crippen LogP contribution in [-0.2, 0) is 11.3 Å². The maximum absolute atomic E-state index is 11.5. The lowest BCUT2D eigenvalue weighted by molar-refractivity contribution is -0.144. The second-order valence-electron chi connectivity index (χ2n) is 5.91. The zero-order valence-corrected chi connectivity index (χ0v) is 12.9. The highest BCUT2D eigenvalue weighted by Gasteiger charge is 2.32. The van der Waals surface area contributed by atoms with Crippen LogP contribution in [0.15, 0.2) is 24.3 Å². The summed E-state index contributed by atoms with van der Waals surface area (Å²) in [6, 6.07) is 8.12. The molecule has 0 aromatic heterocycles. The van der Waals surface area contributed by atoms with Gasteiger partial charge < -0.3 is 9.84 Å². The largest absolute Gasteiger partial charge is 0.497 e. The van der Waals surface area contributed by atoms with Crippen LogP contribution in [0.3, 0.4) is 0 Å². The zero-order chi connectivity index (χ0) is 15.2. The summed E-state index contributed by atoms with van der Waals surface area (Å²) >= 11 is 0. The van der Waals surface area contributed by atoms with Gasteiger partial charge in [0, 0.05) is 12.6 Å². The molecule has 0 heterocycles. The van der Waals surface area contributed by atoms with Gasteiger partial charge in [-0.15, -0.1) is 0 Å². The van der Waals surface area contributed by atoms with E-state index in [2.05, 4.69) is 4.90 Å². The molecule has 0 radical (unpaired) electrons. The van der Waals surface area contributed by atoms with E-state index in [-0.39, 0.29) is 12.0 Å². The molecule has 1 aromatic rings. The molecule has 116 valence electrons. The minimum absolute atomic E-state index is 0.132. The number of carboxylic acids is 1. The first-order valence-electron chi connectivity index (χ1n) is 7.68. The maximum Gasteiger partial charge on any atom is 0.308 e. The molecule has 1 aromatic carbocycles. The van der Waals surface area contributed by atoms with Crippen molar-refractivity contribution in [1.29, 1.82) is 0 Å². The van der Waals surface area contributed by atoms with Crippen LogP contribution in [0.5, 0.6) is 5.75 Å². The third-order valence-corrected chi connectivity index (χ3v) is 4.45. The van der Waals surface area contributed by atoms with Crippen molar-refractivity contribution in [2.75, 3.05) is 14.2 Å². The van der Waals surface area contributed by atoms with Gasteiger partial charge in [-0.05, 0) is 37.6 Å². The van der Waals surface area contributed by atoms with Gasteiger partial charge in [-0.1, -0.05) is 31.4 Å². The van der Waals surface area contributed by atoms with Gasteiger partial charge in [0.1, 0.15) is 5.75 Å². The Morgan fingerprint density at radius 3 is 2.52 bits per heavy atom. The molecule has 2 atom stereocenters. The number of methoxy groups -OCH3 is 1. The van der Waals surface area contributed by atoms with Gasteiger partial charge in [0.15, 0.2) is 0 Å². The fraction of sp³-hybridized carbons (Fsp3) is 0.588. The Morgan fingerprint density at radius 2 is 1.90 bits per heavy atom. The molecule has 21 heavy (non-hydrogen) atoms. The van der Waals surface area contributed by atoms with Gasteiger partial charge in [-0.25, -0.2) is 0 Å². The lowest BCUT2D eigenvalue weighted by Gasteiger charge is -2.31. The lowest BCUT2D eigenvalue weighted by Crippen LogP contribution is -2.40. The molecule has 0 saturated heterocycles. The molecule has 2 unspecified atom stereocenters. The van der Waals surface area contributed by atoms with Crippen LogP contribution < -0.4 is 4.74 Å². The van der Waals surface area contributed by atoms with Crippen LogP contribution in [0.4, 0.5) is 0 Å². The number of aliphatic carboxylic acids is 1. The molecular weight excluding hydrogens is 266 g/mol.